The molecule has 0 saturated carbocycles. The predicted octanol–water partition coefficient (Wildman–Crippen LogP) is 1.61. The van der Waals surface area contributed by atoms with E-state index in [2.05, 4.69) is 24.3 Å². The highest BCUT2D eigenvalue weighted by atomic mass is 32.2. The quantitative estimate of drug-likeness (QED) is 0.914. The summed E-state index contributed by atoms with van der Waals surface area (Å²) in [7, 11) is 1.85. The molecule has 120 valence electrons. The number of rotatable bonds is 4. The molecule has 0 aromatic carbocycles. The van der Waals surface area contributed by atoms with Gasteiger partial charge in [0.2, 0.25) is 11.8 Å². The van der Waals surface area contributed by atoms with Crippen molar-refractivity contribution in [2.75, 3.05) is 18.4 Å². The van der Waals surface area contributed by atoms with Gasteiger partial charge in [0.05, 0.1) is 11.6 Å². The summed E-state index contributed by atoms with van der Waals surface area (Å²) in [6, 6.07) is 0. The summed E-state index contributed by atoms with van der Waals surface area (Å²) < 4.78 is 1.74. The van der Waals surface area contributed by atoms with Gasteiger partial charge in [-0.3, -0.25) is 14.3 Å². The average Bonchev–Trinajstić information content (AvgIpc) is 3.09. The van der Waals surface area contributed by atoms with Crippen molar-refractivity contribution in [1.29, 1.82) is 0 Å². The Labute approximate surface area is 134 Å². The second-order valence-corrected chi connectivity index (χ2v) is 7.46. The summed E-state index contributed by atoms with van der Waals surface area (Å²) in [5.41, 5.74) is 2.19. The largest absolute Gasteiger partial charge is 0.342 e. The molecule has 2 amide bonds. The van der Waals surface area contributed by atoms with Gasteiger partial charge in [0.1, 0.15) is 5.82 Å². The summed E-state index contributed by atoms with van der Waals surface area (Å²) in [5, 5.41) is 7.44. The van der Waals surface area contributed by atoms with Crippen molar-refractivity contribution in [3.8, 4) is 0 Å². The zero-order valence-electron chi connectivity index (χ0n) is 13.3. The number of thioether (sulfide) groups is 1. The molecule has 3 heterocycles. The lowest BCUT2D eigenvalue weighted by molar-refractivity contribution is -0.128. The highest BCUT2D eigenvalue weighted by Crippen LogP contribution is 2.34. The summed E-state index contributed by atoms with van der Waals surface area (Å²) in [5.74, 6) is 2.76. The number of hydrogen-bond acceptors (Lipinski definition) is 4. The highest BCUT2D eigenvalue weighted by Gasteiger charge is 2.35. The third-order valence-corrected chi connectivity index (χ3v) is 5.10. The van der Waals surface area contributed by atoms with Crippen molar-refractivity contribution in [3.63, 3.8) is 0 Å². The zero-order chi connectivity index (χ0) is 15.9. The summed E-state index contributed by atoms with van der Waals surface area (Å²) in [6.45, 7) is 5.41. The number of carbonyl (C=O) groups excluding carboxylic acids is 2. The maximum atomic E-state index is 12.5. The average molecular weight is 322 g/mol. The van der Waals surface area contributed by atoms with Gasteiger partial charge in [-0.05, 0) is 5.92 Å². The van der Waals surface area contributed by atoms with Crippen LogP contribution in [-0.4, -0.2) is 39.6 Å². The Kier molecular flexibility index (Phi) is 4.16. The second kappa shape index (κ2) is 5.95. The Morgan fingerprint density at radius 3 is 2.95 bits per heavy atom. The number of likely N-dealkylation sites (tertiary alicyclic amines) is 1. The van der Waals surface area contributed by atoms with Gasteiger partial charge in [0, 0.05) is 43.6 Å². The molecule has 1 N–H and O–H groups in total. The van der Waals surface area contributed by atoms with Gasteiger partial charge in [0.25, 0.3) is 0 Å². The van der Waals surface area contributed by atoms with Crippen LogP contribution in [0.25, 0.3) is 0 Å². The zero-order valence-corrected chi connectivity index (χ0v) is 14.1. The smallest absolute Gasteiger partial charge is 0.230 e. The molecule has 22 heavy (non-hydrogen) atoms. The van der Waals surface area contributed by atoms with E-state index in [0.29, 0.717) is 18.9 Å². The van der Waals surface area contributed by atoms with Crippen molar-refractivity contribution < 1.29 is 9.59 Å². The van der Waals surface area contributed by atoms with Gasteiger partial charge in [-0.1, -0.05) is 13.8 Å². The van der Waals surface area contributed by atoms with E-state index in [1.165, 1.54) is 0 Å². The van der Waals surface area contributed by atoms with Gasteiger partial charge in [-0.15, -0.1) is 0 Å². The van der Waals surface area contributed by atoms with Gasteiger partial charge < -0.3 is 10.2 Å². The molecule has 1 aromatic rings. The number of carbonyl (C=O) groups is 2. The Balaban J connectivity index is 1.67. The minimum atomic E-state index is -0.258. The maximum absolute atomic E-state index is 12.5. The highest BCUT2D eigenvalue weighted by molar-refractivity contribution is 7.98. The van der Waals surface area contributed by atoms with Gasteiger partial charge in [-0.25, -0.2) is 0 Å². The lowest BCUT2D eigenvalue weighted by Gasteiger charge is -2.18. The van der Waals surface area contributed by atoms with E-state index in [1.807, 2.05) is 18.8 Å². The number of anilines is 1. The molecule has 6 nitrogen and oxygen atoms in total. The summed E-state index contributed by atoms with van der Waals surface area (Å²) in [4.78, 5) is 26.3. The first-order chi connectivity index (χ1) is 10.5. The molecule has 0 aliphatic carbocycles. The number of aryl methyl sites for hydroxylation is 1. The number of fused-ring (bicyclic) bond motifs is 1. The SMILES string of the molecule is CC(C)CN1CC(C(=O)Nc2c3c(nn2C)CSC3)CC1=O. The molecule has 2 aliphatic rings. The molecular formula is C15H22N4O2S. The first-order valence-corrected chi connectivity index (χ1v) is 8.82. The number of nitrogens with one attached hydrogen (secondary N) is 1. The van der Waals surface area contributed by atoms with Crippen molar-refractivity contribution in [2.45, 2.75) is 31.8 Å². The van der Waals surface area contributed by atoms with Crippen LogP contribution in [-0.2, 0) is 28.1 Å². The van der Waals surface area contributed by atoms with E-state index in [-0.39, 0.29) is 17.7 Å². The third kappa shape index (κ3) is 2.86. The molecule has 0 radical (unpaired) electrons. The van der Waals surface area contributed by atoms with Crippen molar-refractivity contribution in [1.82, 2.24) is 14.7 Å². The standard InChI is InChI=1S/C15H22N4O2S/c1-9(2)5-19-6-10(4-13(19)20)15(21)16-14-11-7-22-8-12(11)17-18(14)3/h9-10H,4-8H2,1-3H3,(H,16,21). The van der Waals surface area contributed by atoms with Crippen LogP contribution in [0.3, 0.4) is 0 Å². The van der Waals surface area contributed by atoms with Gasteiger partial charge >= 0.3 is 0 Å². The fourth-order valence-electron chi connectivity index (χ4n) is 3.08. The normalized spacial score (nSPS) is 20.8. The fourth-order valence-corrected chi connectivity index (χ4v) is 4.12. The Bertz CT molecular complexity index is 611. The van der Waals surface area contributed by atoms with Crippen molar-refractivity contribution in [3.05, 3.63) is 11.3 Å². The van der Waals surface area contributed by atoms with E-state index >= 15 is 0 Å². The Hall–Kier alpha value is -1.50. The van der Waals surface area contributed by atoms with Crippen LogP contribution in [0.1, 0.15) is 31.5 Å². The molecule has 1 aromatic heterocycles. The monoisotopic (exact) mass is 322 g/mol. The van der Waals surface area contributed by atoms with Crippen LogP contribution in [0.5, 0.6) is 0 Å². The topological polar surface area (TPSA) is 67.2 Å². The van der Waals surface area contributed by atoms with E-state index in [0.717, 1.165) is 35.1 Å². The molecule has 1 atom stereocenters. The van der Waals surface area contributed by atoms with E-state index < -0.39 is 0 Å². The number of hydrogen-bond donors (Lipinski definition) is 1. The molecule has 1 unspecified atom stereocenters. The summed E-state index contributed by atoms with van der Waals surface area (Å²) >= 11 is 1.81. The van der Waals surface area contributed by atoms with Gasteiger partial charge in [-0.2, -0.15) is 16.9 Å². The molecule has 2 aliphatic heterocycles. The van der Waals surface area contributed by atoms with Crippen LogP contribution >= 0.6 is 11.8 Å². The molecule has 3 rings (SSSR count). The first kappa shape index (κ1) is 15.4. The van der Waals surface area contributed by atoms with Gasteiger partial charge in [0.15, 0.2) is 0 Å². The molecule has 7 heteroatoms. The van der Waals surface area contributed by atoms with E-state index in [9.17, 15) is 9.59 Å². The lowest BCUT2D eigenvalue weighted by atomic mass is 10.1. The first-order valence-electron chi connectivity index (χ1n) is 7.66. The third-order valence-electron chi connectivity index (χ3n) is 4.13. The minimum Gasteiger partial charge on any atom is -0.342 e. The fraction of sp³-hybridized carbons (Fsp3) is 0.667. The van der Waals surface area contributed by atoms with Crippen LogP contribution < -0.4 is 5.32 Å². The Morgan fingerprint density at radius 2 is 2.23 bits per heavy atom. The Morgan fingerprint density at radius 1 is 1.45 bits per heavy atom. The van der Waals surface area contributed by atoms with Crippen LogP contribution in [0.15, 0.2) is 0 Å². The van der Waals surface area contributed by atoms with E-state index in [1.54, 1.807) is 9.58 Å². The summed E-state index contributed by atoms with van der Waals surface area (Å²) in [6.07, 6.45) is 0.313. The van der Waals surface area contributed by atoms with Crippen LogP contribution in [0, 0.1) is 11.8 Å². The van der Waals surface area contributed by atoms with Crippen LogP contribution in [0.2, 0.25) is 0 Å². The number of amides is 2. The molecule has 0 spiro atoms. The molecule has 0 bridgehead atoms. The maximum Gasteiger partial charge on any atom is 0.230 e. The lowest BCUT2D eigenvalue weighted by Crippen LogP contribution is -2.31. The molecular weight excluding hydrogens is 300 g/mol. The number of aromatic nitrogens is 2. The van der Waals surface area contributed by atoms with Crippen LogP contribution in [0.4, 0.5) is 5.82 Å². The van der Waals surface area contributed by atoms with Crippen molar-refractivity contribution in [2.24, 2.45) is 18.9 Å². The minimum absolute atomic E-state index is 0.0673. The number of nitrogens with zero attached hydrogens (tertiary/aromatic N) is 3. The second-order valence-electron chi connectivity index (χ2n) is 6.47. The predicted molar refractivity (Wildman–Crippen MR) is 86.4 cm³/mol. The van der Waals surface area contributed by atoms with Crippen molar-refractivity contribution >= 4 is 29.4 Å². The molecule has 1 saturated heterocycles. The molecule has 1 fully saturated rings. The van der Waals surface area contributed by atoms with E-state index in [4.69, 9.17) is 0 Å².